The standard InChI is InChI=1S/C23H30F2O3/c1-7-17-12-18(16(3)10-8-9-15(2)11-21(26)27)22(28-14-20(24)25)19(13-17)23(4,5)6/h8-13,20H,7,14H2,1-6H3,(H,26,27)/b9-8+,15-11+,16-10-. The molecule has 0 fully saturated rings. The topological polar surface area (TPSA) is 46.5 Å². The van der Waals surface area contributed by atoms with Crippen molar-refractivity contribution in [2.24, 2.45) is 0 Å². The highest BCUT2D eigenvalue weighted by Gasteiger charge is 2.24. The largest absolute Gasteiger partial charge is 0.487 e. The van der Waals surface area contributed by atoms with Gasteiger partial charge < -0.3 is 9.84 Å². The first-order chi connectivity index (χ1) is 13.0. The third-order valence-electron chi connectivity index (χ3n) is 4.20. The maximum atomic E-state index is 12.8. The Balaban J connectivity index is 3.46. The fraction of sp³-hybridized carbons (Fsp3) is 0.435. The second-order valence-electron chi connectivity index (χ2n) is 7.76. The third-order valence-corrected chi connectivity index (χ3v) is 4.20. The molecular weight excluding hydrogens is 362 g/mol. The van der Waals surface area contributed by atoms with Gasteiger partial charge in [0.1, 0.15) is 12.4 Å². The van der Waals surface area contributed by atoms with Crippen molar-refractivity contribution in [3.8, 4) is 5.75 Å². The molecule has 154 valence electrons. The van der Waals surface area contributed by atoms with Gasteiger partial charge in [-0.2, -0.15) is 0 Å². The van der Waals surface area contributed by atoms with Gasteiger partial charge in [-0.1, -0.05) is 52.0 Å². The smallest absolute Gasteiger partial charge is 0.328 e. The Labute approximate surface area is 166 Å². The lowest BCUT2D eigenvalue weighted by atomic mass is 9.82. The van der Waals surface area contributed by atoms with E-state index in [4.69, 9.17) is 9.84 Å². The molecule has 1 rings (SSSR count). The summed E-state index contributed by atoms with van der Waals surface area (Å²) in [5.41, 5.74) is 3.94. The first-order valence-corrected chi connectivity index (χ1v) is 9.30. The van der Waals surface area contributed by atoms with Crippen LogP contribution >= 0.6 is 0 Å². The van der Waals surface area contributed by atoms with E-state index >= 15 is 0 Å². The number of alkyl halides is 2. The molecule has 0 spiro atoms. The van der Waals surface area contributed by atoms with Crippen molar-refractivity contribution in [2.75, 3.05) is 6.61 Å². The second-order valence-corrected chi connectivity index (χ2v) is 7.76. The Morgan fingerprint density at radius 1 is 1.25 bits per heavy atom. The predicted octanol–water partition coefficient (Wildman–Crippen LogP) is 6.18. The van der Waals surface area contributed by atoms with Crippen LogP contribution in [0, 0.1) is 0 Å². The average Bonchev–Trinajstić information content (AvgIpc) is 2.57. The average molecular weight is 392 g/mol. The Morgan fingerprint density at radius 2 is 1.89 bits per heavy atom. The Kier molecular flexibility index (Phi) is 8.61. The van der Waals surface area contributed by atoms with Gasteiger partial charge in [0.05, 0.1) is 0 Å². The Morgan fingerprint density at radius 3 is 2.39 bits per heavy atom. The maximum Gasteiger partial charge on any atom is 0.328 e. The molecule has 0 aliphatic rings. The van der Waals surface area contributed by atoms with Gasteiger partial charge in [-0.05, 0) is 48.5 Å². The van der Waals surface area contributed by atoms with Crippen molar-refractivity contribution in [3.05, 3.63) is 58.7 Å². The van der Waals surface area contributed by atoms with Gasteiger partial charge in [-0.3, -0.25) is 0 Å². The van der Waals surface area contributed by atoms with Gasteiger partial charge in [-0.15, -0.1) is 0 Å². The normalized spacial score (nSPS) is 13.5. The summed E-state index contributed by atoms with van der Waals surface area (Å²) in [6.07, 6.45) is 4.64. The minimum Gasteiger partial charge on any atom is -0.487 e. The van der Waals surface area contributed by atoms with Gasteiger partial charge in [0, 0.05) is 17.2 Å². The van der Waals surface area contributed by atoms with Crippen LogP contribution < -0.4 is 4.74 Å². The van der Waals surface area contributed by atoms with Crippen LogP contribution in [-0.2, 0) is 16.6 Å². The quantitative estimate of drug-likeness (QED) is 0.424. The van der Waals surface area contributed by atoms with Crippen LogP contribution in [0.25, 0.3) is 5.57 Å². The third kappa shape index (κ3) is 7.29. The second kappa shape index (κ2) is 10.2. The fourth-order valence-corrected chi connectivity index (χ4v) is 2.72. The van der Waals surface area contributed by atoms with Gasteiger partial charge >= 0.3 is 5.97 Å². The van der Waals surface area contributed by atoms with E-state index in [1.807, 2.05) is 52.8 Å². The molecule has 1 N–H and O–H groups in total. The molecule has 0 atom stereocenters. The summed E-state index contributed by atoms with van der Waals surface area (Å²) in [4.78, 5) is 10.7. The molecule has 0 amide bonds. The van der Waals surface area contributed by atoms with Crippen molar-refractivity contribution < 1.29 is 23.4 Å². The summed E-state index contributed by atoms with van der Waals surface area (Å²) in [6, 6.07) is 3.99. The summed E-state index contributed by atoms with van der Waals surface area (Å²) in [5.74, 6) is -0.527. The molecule has 0 aromatic heterocycles. The van der Waals surface area contributed by atoms with Crippen LogP contribution in [0.5, 0.6) is 5.75 Å². The zero-order chi connectivity index (χ0) is 21.5. The van der Waals surface area contributed by atoms with E-state index in [0.717, 1.165) is 34.8 Å². The summed E-state index contributed by atoms with van der Waals surface area (Å²) in [5, 5.41) is 8.77. The van der Waals surface area contributed by atoms with Gasteiger partial charge in [0.15, 0.2) is 0 Å². The molecule has 1 aromatic carbocycles. The highest BCUT2D eigenvalue weighted by Crippen LogP contribution is 2.39. The van der Waals surface area contributed by atoms with E-state index < -0.39 is 19.0 Å². The number of carboxylic acids is 1. The molecule has 0 aliphatic carbocycles. The molecule has 0 heterocycles. The number of hydrogen-bond donors (Lipinski definition) is 1. The van der Waals surface area contributed by atoms with E-state index in [1.165, 1.54) is 0 Å². The zero-order valence-corrected chi connectivity index (χ0v) is 17.5. The Bertz CT molecular complexity index is 782. The molecular formula is C23H30F2O3. The summed E-state index contributed by atoms with van der Waals surface area (Å²) < 4.78 is 31.2. The molecule has 0 saturated heterocycles. The summed E-state index contributed by atoms with van der Waals surface area (Å²) in [7, 11) is 0. The maximum absolute atomic E-state index is 12.8. The fourth-order valence-electron chi connectivity index (χ4n) is 2.72. The molecule has 5 heteroatoms. The number of aliphatic carboxylic acids is 1. The number of rotatable bonds is 8. The monoisotopic (exact) mass is 392 g/mol. The van der Waals surface area contributed by atoms with Crippen molar-refractivity contribution in [1.29, 1.82) is 0 Å². The lowest BCUT2D eigenvalue weighted by molar-refractivity contribution is -0.131. The van der Waals surface area contributed by atoms with E-state index in [2.05, 4.69) is 0 Å². The molecule has 0 bridgehead atoms. The van der Waals surface area contributed by atoms with Crippen molar-refractivity contribution in [2.45, 2.75) is 59.8 Å². The Hall–Kier alpha value is -2.43. The molecule has 1 aromatic rings. The minimum atomic E-state index is -2.56. The lowest BCUT2D eigenvalue weighted by Crippen LogP contribution is -2.17. The SMILES string of the molecule is CCc1cc(\C(C)=C/C=C/C(C)=C/C(=O)O)c(OCC(F)F)c(C(C)(C)C)c1. The number of hydrogen-bond acceptors (Lipinski definition) is 2. The minimum absolute atomic E-state index is 0.270. The van der Waals surface area contributed by atoms with Crippen LogP contribution in [0.15, 0.2) is 42.0 Å². The molecule has 0 unspecified atom stereocenters. The molecule has 3 nitrogen and oxygen atoms in total. The van der Waals surface area contributed by atoms with Crippen molar-refractivity contribution >= 4 is 11.5 Å². The molecule has 0 radical (unpaired) electrons. The van der Waals surface area contributed by atoms with Crippen LogP contribution in [-0.4, -0.2) is 24.1 Å². The van der Waals surface area contributed by atoms with Crippen molar-refractivity contribution in [1.82, 2.24) is 0 Å². The summed E-state index contributed by atoms with van der Waals surface area (Å²) in [6.45, 7) is 11.0. The van der Waals surface area contributed by atoms with E-state index in [0.29, 0.717) is 11.3 Å². The van der Waals surface area contributed by atoms with E-state index in [9.17, 15) is 13.6 Å². The number of carbonyl (C=O) groups is 1. The van der Waals surface area contributed by atoms with Gasteiger partial charge in [0.25, 0.3) is 6.43 Å². The zero-order valence-electron chi connectivity index (χ0n) is 17.5. The van der Waals surface area contributed by atoms with Crippen LogP contribution in [0.2, 0.25) is 0 Å². The van der Waals surface area contributed by atoms with Crippen molar-refractivity contribution in [3.63, 3.8) is 0 Å². The van der Waals surface area contributed by atoms with E-state index in [1.54, 1.807) is 19.1 Å². The number of allylic oxidation sites excluding steroid dienone is 5. The first kappa shape index (κ1) is 23.6. The number of halogens is 2. The molecule has 0 saturated carbocycles. The highest BCUT2D eigenvalue weighted by atomic mass is 19.3. The van der Waals surface area contributed by atoms with E-state index in [-0.39, 0.29) is 5.41 Å². The van der Waals surface area contributed by atoms with Crippen LogP contribution in [0.4, 0.5) is 8.78 Å². The number of aryl methyl sites for hydroxylation is 1. The molecule has 0 aliphatic heterocycles. The van der Waals surface area contributed by atoms with Crippen LogP contribution in [0.3, 0.4) is 0 Å². The van der Waals surface area contributed by atoms with Gasteiger partial charge in [-0.25, -0.2) is 13.6 Å². The predicted molar refractivity (Wildman–Crippen MR) is 110 cm³/mol. The van der Waals surface area contributed by atoms with Crippen LogP contribution in [0.1, 0.15) is 58.2 Å². The number of ether oxygens (including phenoxy) is 1. The highest BCUT2D eigenvalue weighted by molar-refractivity contribution is 5.81. The number of carboxylic acid groups (broad SMARTS) is 1. The van der Waals surface area contributed by atoms with Gasteiger partial charge in [0.2, 0.25) is 0 Å². The first-order valence-electron chi connectivity index (χ1n) is 9.30. The lowest BCUT2D eigenvalue weighted by Gasteiger charge is -2.26. The molecule has 28 heavy (non-hydrogen) atoms. The summed E-state index contributed by atoms with van der Waals surface area (Å²) >= 11 is 0. The number of benzene rings is 1.